The zero-order chi connectivity index (χ0) is 15.6. The maximum atomic E-state index is 12.6. The van der Waals surface area contributed by atoms with E-state index < -0.39 is 0 Å². The van der Waals surface area contributed by atoms with Crippen LogP contribution in [0.3, 0.4) is 0 Å². The number of nitrogens with one attached hydrogen (secondary N) is 1. The van der Waals surface area contributed by atoms with Gasteiger partial charge < -0.3 is 11.1 Å². The molecule has 1 aromatic carbocycles. The van der Waals surface area contributed by atoms with Gasteiger partial charge in [-0.3, -0.25) is 4.79 Å². The molecule has 0 radical (unpaired) electrons. The van der Waals surface area contributed by atoms with Gasteiger partial charge in [-0.15, -0.1) is 12.4 Å². The van der Waals surface area contributed by atoms with Crippen LogP contribution in [0.2, 0.25) is 0 Å². The summed E-state index contributed by atoms with van der Waals surface area (Å²) >= 11 is 0. The number of nitrogens with two attached hydrogens (primary N) is 1. The van der Waals surface area contributed by atoms with E-state index in [1.807, 2.05) is 25.1 Å². The van der Waals surface area contributed by atoms with E-state index in [1.165, 1.54) is 6.33 Å². The normalized spacial score (nSPS) is 15.9. The lowest BCUT2D eigenvalue weighted by Crippen LogP contribution is -2.51. The monoisotopic (exact) mass is 335 g/mol. The average molecular weight is 336 g/mol. The molecule has 6 nitrogen and oxygen atoms in total. The van der Waals surface area contributed by atoms with Gasteiger partial charge in [0.1, 0.15) is 12.7 Å². The number of amides is 1. The summed E-state index contributed by atoms with van der Waals surface area (Å²) in [6.07, 6.45) is 7.30. The first-order valence-corrected chi connectivity index (χ1v) is 7.62. The zero-order valence-corrected chi connectivity index (χ0v) is 14.0. The molecule has 3 N–H and O–H groups in total. The van der Waals surface area contributed by atoms with E-state index in [4.69, 9.17) is 5.73 Å². The largest absolute Gasteiger partial charge is 0.345 e. The van der Waals surface area contributed by atoms with Crippen molar-refractivity contribution in [2.75, 3.05) is 6.54 Å². The van der Waals surface area contributed by atoms with Gasteiger partial charge in [0.15, 0.2) is 0 Å². The highest BCUT2D eigenvalue weighted by atomic mass is 35.5. The summed E-state index contributed by atoms with van der Waals surface area (Å²) in [5.74, 6) is -0.0463. The number of rotatable bonds is 4. The predicted molar refractivity (Wildman–Crippen MR) is 91.1 cm³/mol. The van der Waals surface area contributed by atoms with E-state index in [2.05, 4.69) is 15.4 Å². The highest BCUT2D eigenvalue weighted by molar-refractivity contribution is 5.96. The molecule has 0 bridgehead atoms. The molecule has 0 saturated heterocycles. The summed E-state index contributed by atoms with van der Waals surface area (Å²) in [5.41, 5.74) is 8.15. The lowest BCUT2D eigenvalue weighted by atomic mass is 9.96. The van der Waals surface area contributed by atoms with Crippen molar-refractivity contribution in [3.63, 3.8) is 0 Å². The second kappa shape index (κ2) is 7.10. The smallest absolute Gasteiger partial charge is 0.252 e. The number of halogens is 1. The molecule has 124 valence electrons. The molecule has 1 aliphatic carbocycles. The van der Waals surface area contributed by atoms with Crippen LogP contribution in [0.5, 0.6) is 0 Å². The van der Waals surface area contributed by atoms with Crippen molar-refractivity contribution in [3.8, 4) is 5.69 Å². The topological polar surface area (TPSA) is 85.8 Å². The van der Waals surface area contributed by atoms with E-state index in [9.17, 15) is 4.79 Å². The molecule has 1 aliphatic rings. The molecule has 1 aromatic heterocycles. The maximum absolute atomic E-state index is 12.6. The molecule has 0 atom stereocenters. The van der Waals surface area contributed by atoms with Crippen LogP contribution in [0, 0.1) is 6.92 Å². The highest BCUT2D eigenvalue weighted by Gasteiger charge is 2.34. The summed E-state index contributed by atoms with van der Waals surface area (Å²) in [6.45, 7) is 2.42. The van der Waals surface area contributed by atoms with Gasteiger partial charge in [-0.1, -0.05) is 12.8 Å². The fourth-order valence-corrected chi connectivity index (χ4v) is 3.13. The van der Waals surface area contributed by atoms with Crippen LogP contribution in [0.15, 0.2) is 30.9 Å². The minimum Gasteiger partial charge on any atom is -0.345 e. The van der Waals surface area contributed by atoms with Gasteiger partial charge in [-0.25, -0.2) is 9.67 Å². The lowest BCUT2D eigenvalue weighted by Gasteiger charge is -2.29. The van der Waals surface area contributed by atoms with Gasteiger partial charge >= 0.3 is 0 Å². The van der Waals surface area contributed by atoms with E-state index in [0.29, 0.717) is 12.1 Å². The number of hydrogen-bond donors (Lipinski definition) is 2. The van der Waals surface area contributed by atoms with Crippen molar-refractivity contribution in [2.24, 2.45) is 5.73 Å². The molecular formula is C16H22ClN5O. The van der Waals surface area contributed by atoms with Crippen LogP contribution in [0.4, 0.5) is 0 Å². The van der Waals surface area contributed by atoms with Crippen molar-refractivity contribution < 1.29 is 4.79 Å². The Labute approximate surface area is 141 Å². The molecule has 0 unspecified atom stereocenters. The van der Waals surface area contributed by atoms with Crippen LogP contribution < -0.4 is 11.1 Å². The number of aryl methyl sites for hydroxylation is 1. The summed E-state index contributed by atoms with van der Waals surface area (Å²) < 4.78 is 1.67. The first-order chi connectivity index (χ1) is 10.6. The van der Waals surface area contributed by atoms with Gasteiger partial charge in [0, 0.05) is 12.1 Å². The Kier molecular flexibility index (Phi) is 5.38. The average Bonchev–Trinajstić information content (AvgIpc) is 3.19. The molecule has 1 saturated carbocycles. The summed E-state index contributed by atoms with van der Waals surface area (Å²) in [5, 5.41) is 7.25. The Morgan fingerprint density at radius 1 is 1.39 bits per heavy atom. The van der Waals surface area contributed by atoms with Crippen molar-refractivity contribution in [2.45, 2.75) is 38.1 Å². The van der Waals surface area contributed by atoms with Crippen LogP contribution in [0.1, 0.15) is 41.6 Å². The second-order valence-electron chi connectivity index (χ2n) is 5.98. The molecule has 2 aromatic rings. The van der Waals surface area contributed by atoms with Crippen LogP contribution in [-0.4, -0.2) is 32.8 Å². The Morgan fingerprint density at radius 2 is 2.13 bits per heavy atom. The Morgan fingerprint density at radius 3 is 2.70 bits per heavy atom. The minimum absolute atomic E-state index is 0. The molecule has 1 amide bonds. The molecule has 3 rings (SSSR count). The maximum Gasteiger partial charge on any atom is 0.252 e. The molecule has 23 heavy (non-hydrogen) atoms. The number of carbonyl (C=O) groups is 1. The van der Waals surface area contributed by atoms with Crippen molar-refractivity contribution in [3.05, 3.63) is 42.0 Å². The molecule has 7 heteroatoms. The Balaban J connectivity index is 0.00000192. The first kappa shape index (κ1) is 17.4. The van der Waals surface area contributed by atoms with Crippen molar-refractivity contribution >= 4 is 18.3 Å². The van der Waals surface area contributed by atoms with Gasteiger partial charge in [0.25, 0.3) is 5.91 Å². The minimum atomic E-state index is -0.228. The van der Waals surface area contributed by atoms with Crippen LogP contribution in [0.25, 0.3) is 5.69 Å². The molecule has 1 heterocycles. The number of carbonyl (C=O) groups excluding carboxylic acids is 1. The molecule has 1 fully saturated rings. The number of aromatic nitrogens is 3. The number of nitrogens with zero attached hydrogens (tertiary/aromatic N) is 3. The first-order valence-electron chi connectivity index (χ1n) is 7.62. The van der Waals surface area contributed by atoms with Crippen molar-refractivity contribution in [1.29, 1.82) is 0 Å². The van der Waals surface area contributed by atoms with E-state index >= 15 is 0 Å². The number of benzene rings is 1. The molecule has 0 spiro atoms. The Bertz CT molecular complexity index is 665. The van der Waals surface area contributed by atoms with E-state index in [0.717, 1.165) is 36.9 Å². The highest BCUT2D eigenvalue weighted by Crippen LogP contribution is 2.29. The molecule has 0 aliphatic heterocycles. The third kappa shape index (κ3) is 3.54. The van der Waals surface area contributed by atoms with Crippen LogP contribution >= 0.6 is 12.4 Å². The molecular weight excluding hydrogens is 314 g/mol. The van der Waals surface area contributed by atoms with E-state index in [-0.39, 0.29) is 23.9 Å². The van der Waals surface area contributed by atoms with E-state index in [1.54, 1.807) is 11.0 Å². The van der Waals surface area contributed by atoms with Crippen LogP contribution in [-0.2, 0) is 0 Å². The second-order valence-corrected chi connectivity index (χ2v) is 5.98. The lowest BCUT2D eigenvalue weighted by molar-refractivity contribution is 0.0902. The van der Waals surface area contributed by atoms with Gasteiger partial charge in [0.05, 0.1) is 11.2 Å². The predicted octanol–water partition coefficient (Wildman–Crippen LogP) is 2.00. The van der Waals surface area contributed by atoms with Gasteiger partial charge in [-0.2, -0.15) is 5.10 Å². The fourth-order valence-electron chi connectivity index (χ4n) is 3.13. The quantitative estimate of drug-likeness (QED) is 0.894. The summed E-state index contributed by atoms with van der Waals surface area (Å²) in [4.78, 5) is 16.5. The SMILES string of the molecule is Cc1cc(-n2cncn2)ccc1C(=O)NC1(CN)CCCC1.Cl. The van der Waals surface area contributed by atoms with Crippen molar-refractivity contribution in [1.82, 2.24) is 20.1 Å². The summed E-state index contributed by atoms with van der Waals surface area (Å²) in [6, 6.07) is 5.65. The zero-order valence-electron chi connectivity index (χ0n) is 13.2. The summed E-state index contributed by atoms with van der Waals surface area (Å²) in [7, 11) is 0. The van der Waals surface area contributed by atoms with Gasteiger partial charge in [-0.05, 0) is 43.5 Å². The third-order valence-electron chi connectivity index (χ3n) is 4.47. The fraction of sp³-hybridized carbons (Fsp3) is 0.438. The van der Waals surface area contributed by atoms with Gasteiger partial charge in [0.2, 0.25) is 0 Å². The number of hydrogen-bond acceptors (Lipinski definition) is 4. The third-order valence-corrected chi connectivity index (χ3v) is 4.47. The Hall–Kier alpha value is -1.92. The standard InChI is InChI=1S/C16H21N5O.ClH/c1-12-8-13(21-11-18-10-19-21)4-5-14(12)15(22)20-16(9-17)6-2-3-7-16;/h4-5,8,10-11H,2-3,6-7,9,17H2,1H3,(H,20,22);1H.